The van der Waals surface area contributed by atoms with Gasteiger partial charge in [0, 0.05) is 34.6 Å². The van der Waals surface area contributed by atoms with E-state index in [1.807, 2.05) is 32.0 Å². The minimum absolute atomic E-state index is 0. The maximum atomic E-state index is 12.7. The Balaban J connectivity index is 0.00000225. The third-order valence-electron chi connectivity index (χ3n) is 3.90. The van der Waals surface area contributed by atoms with Crippen LogP contribution in [0.25, 0.3) is 11.0 Å². The topological polar surface area (TPSA) is 83.1 Å². The molecule has 1 atom stereocenters. The first kappa shape index (κ1) is 19.0. The van der Waals surface area contributed by atoms with Gasteiger partial charge in [-0.15, -0.1) is 0 Å². The van der Waals surface area contributed by atoms with E-state index in [2.05, 4.69) is 15.0 Å². The van der Waals surface area contributed by atoms with E-state index in [1.165, 1.54) is 0 Å². The molecule has 25 heavy (non-hydrogen) atoms. The molecule has 0 amide bonds. The second-order valence-electron chi connectivity index (χ2n) is 5.46. The molecule has 1 unspecified atom stereocenters. The quantitative estimate of drug-likeness (QED) is 0.703. The van der Waals surface area contributed by atoms with E-state index in [4.69, 9.17) is 9.47 Å². The minimum Gasteiger partial charge on any atom is -0.609 e. The Morgan fingerprint density at radius 2 is 1.96 bits per heavy atom. The van der Waals surface area contributed by atoms with Crippen molar-refractivity contribution in [2.24, 2.45) is 0 Å². The number of hydrogen-bond acceptors (Lipinski definition) is 5. The maximum absolute atomic E-state index is 12.7. The molecule has 0 aliphatic heterocycles. The molecule has 8 heteroatoms. The standard InChI is InChI=1S/C17H19N3O3S.FH/c1-10-8-18-15(11(2)16(10)23-4)9-24(21)17-19-13-6-5-12(22-3)7-14(13)20-17;/h5-8H,9H2,1-4H3,(H,19,20);1H. The van der Waals surface area contributed by atoms with E-state index >= 15 is 0 Å². The minimum atomic E-state index is -1.33. The van der Waals surface area contributed by atoms with Gasteiger partial charge in [-0.2, -0.15) is 4.98 Å². The van der Waals surface area contributed by atoms with Crippen molar-refractivity contribution in [3.63, 3.8) is 0 Å². The van der Waals surface area contributed by atoms with Gasteiger partial charge < -0.3 is 14.0 Å². The summed E-state index contributed by atoms with van der Waals surface area (Å²) in [7, 11) is 3.23. The van der Waals surface area contributed by atoms with Crippen molar-refractivity contribution in [1.29, 1.82) is 0 Å². The monoisotopic (exact) mass is 365 g/mol. The number of halogens is 1. The summed E-state index contributed by atoms with van der Waals surface area (Å²) in [5.41, 5.74) is 4.16. The second-order valence-corrected chi connectivity index (χ2v) is 6.83. The van der Waals surface area contributed by atoms with E-state index in [1.54, 1.807) is 20.4 Å². The first-order valence-electron chi connectivity index (χ1n) is 7.44. The highest BCUT2D eigenvalue weighted by Crippen LogP contribution is 2.27. The van der Waals surface area contributed by atoms with E-state index in [9.17, 15) is 4.55 Å². The summed E-state index contributed by atoms with van der Waals surface area (Å²) < 4.78 is 23.3. The van der Waals surface area contributed by atoms with E-state index in [0.717, 1.165) is 33.6 Å². The zero-order valence-corrected chi connectivity index (χ0v) is 15.3. The van der Waals surface area contributed by atoms with Crippen molar-refractivity contribution in [2.45, 2.75) is 24.8 Å². The Labute approximate surface area is 148 Å². The van der Waals surface area contributed by atoms with E-state index < -0.39 is 11.2 Å². The summed E-state index contributed by atoms with van der Waals surface area (Å²) in [6.07, 6.45) is 1.74. The van der Waals surface area contributed by atoms with Gasteiger partial charge in [0.2, 0.25) is 0 Å². The lowest BCUT2D eigenvalue weighted by Gasteiger charge is -2.13. The van der Waals surface area contributed by atoms with E-state index in [-0.39, 0.29) is 10.5 Å². The summed E-state index contributed by atoms with van der Waals surface area (Å²) in [6.45, 7) is 3.86. The normalized spacial score (nSPS) is 11.9. The first-order chi connectivity index (χ1) is 11.5. The number of nitrogens with one attached hydrogen (secondary N) is 1. The molecule has 0 radical (unpaired) electrons. The van der Waals surface area contributed by atoms with Gasteiger partial charge in [-0.1, -0.05) is 0 Å². The van der Waals surface area contributed by atoms with Crippen LogP contribution in [0.3, 0.4) is 0 Å². The highest BCUT2D eigenvalue weighted by Gasteiger charge is 2.21. The summed E-state index contributed by atoms with van der Waals surface area (Å²) in [4.78, 5) is 11.9. The molecule has 3 aromatic rings. The Hall–Kier alpha value is -2.32. The van der Waals surface area contributed by atoms with Crippen molar-refractivity contribution in [3.8, 4) is 11.5 Å². The molecule has 0 saturated heterocycles. The predicted molar refractivity (Wildman–Crippen MR) is 95.5 cm³/mol. The Bertz CT molecular complexity index is 885. The lowest BCUT2D eigenvalue weighted by Crippen LogP contribution is -2.10. The molecule has 1 aromatic carbocycles. The van der Waals surface area contributed by atoms with Gasteiger partial charge in [0.25, 0.3) is 0 Å². The maximum Gasteiger partial charge on any atom is 0.322 e. The number of aromatic amines is 1. The van der Waals surface area contributed by atoms with Gasteiger partial charge in [0.15, 0.2) is 5.75 Å². The van der Waals surface area contributed by atoms with Crippen molar-refractivity contribution < 1.29 is 18.7 Å². The zero-order valence-electron chi connectivity index (χ0n) is 14.5. The molecular formula is C17H20FN3O3S. The Morgan fingerprint density at radius 1 is 1.20 bits per heavy atom. The molecule has 2 heterocycles. The van der Waals surface area contributed by atoms with Gasteiger partial charge in [-0.05, 0) is 26.0 Å². The smallest absolute Gasteiger partial charge is 0.322 e. The van der Waals surface area contributed by atoms with Gasteiger partial charge >= 0.3 is 5.16 Å². The lowest BCUT2D eigenvalue weighted by atomic mass is 10.1. The number of aromatic nitrogens is 3. The molecule has 3 rings (SSSR count). The summed E-state index contributed by atoms with van der Waals surface area (Å²) >= 11 is -1.33. The third kappa shape index (κ3) is 3.69. The average molecular weight is 365 g/mol. The number of pyridine rings is 1. The molecule has 0 aliphatic carbocycles. The van der Waals surface area contributed by atoms with Crippen LogP contribution in [-0.2, 0) is 16.9 Å². The molecule has 0 bridgehead atoms. The first-order valence-corrected chi connectivity index (χ1v) is 8.76. The molecule has 2 aromatic heterocycles. The van der Waals surface area contributed by atoms with Crippen LogP contribution < -0.4 is 9.47 Å². The number of rotatable bonds is 5. The fourth-order valence-corrected chi connectivity index (χ4v) is 3.71. The molecule has 134 valence electrons. The Kier molecular flexibility index (Phi) is 5.86. The van der Waals surface area contributed by atoms with Crippen LogP contribution in [-0.4, -0.2) is 33.7 Å². The second kappa shape index (κ2) is 7.71. The third-order valence-corrected chi connectivity index (χ3v) is 5.06. The number of hydrogen-bond donors (Lipinski definition) is 1. The number of methoxy groups -OCH3 is 2. The molecule has 0 fully saturated rings. The Morgan fingerprint density at radius 3 is 2.64 bits per heavy atom. The van der Waals surface area contributed by atoms with Crippen LogP contribution >= 0.6 is 0 Å². The molecule has 1 N–H and O–H groups in total. The number of aryl methyl sites for hydroxylation is 1. The van der Waals surface area contributed by atoms with E-state index in [0.29, 0.717) is 10.9 Å². The van der Waals surface area contributed by atoms with Crippen molar-refractivity contribution in [3.05, 3.63) is 41.2 Å². The molecule has 6 nitrogen and oxygen atoms in total. The number of ether oxygens (including phenoxy) is 2. The highest BCUT2D eigenvalue weighted by molar-refractivity contribution is 7.90. The fraction of sp³-hybridized carbons (Fsp3) is 0.294. The average Bonchev–Trinajstić information content (AvgIpc) is 3.01. The van der Waals surface area contributed by atoms with Crippen LogP contribution in [0.5, 0.6) is 11.5 Å². The summed E-state index contributed by atoms with van der Waals surface area (Å²) in [5, 5.41) is 0.430. The number of H-pyrrole nitrogens is 1. The highest BCUT2D eigenvalue weighted by atomic mass is 32.2. The van der Waals surface area contributed by atoms with Gasteiger partial charge in [-0.25, -0.2) is 0 Å². The lowest BCUT2D eigenvalue weighted by molar-refractivity contribution is 0.407. The fourth-order valence-electron chi connectivity index (χ4n) is 2.61. The summed E-state index contributed by atoms with van der Waals surface area (Å²) in [5.74, 6) is 1.78. The SMILES string of the molecule is COc1ccc2[nH]c([S+]([O-])Cc3ncc(C)c(OC)c3C)nc2c1.F. The van der Waals surface area contributed by atoms with Gasteiger partial charge in [-0.3, -0.25) is 14.7 Å². The number of imidazole rings is 1. The molecular weight excluding hydrogens is 345 g/mol. The predicted octanol–water partition coefficient (Wildman–Crippen LogP) is 3.05. The van der Waals surface area contributed by atoms with Gasteiger partial charge in [0.05, 0.1) is 30.9 Å². The zero-order chi connectivity index (χ0) is 17.3. The largest absolute Gasteiger partial charge is 0.609 e. The van der Waals surface area contributed by atoms with Crippen LogP contribution in [0.2, 0.25) is 0 Å². The van der Waals surface area contributed by atoms with Crippen molar-refractivity contribution in [2.75, 3.05) is 14.2 Å². The number of benzene rings is 1. The molecule has 0 saturated carbocycles. The van der Waals surface area contributed by atoms with Crippen LogP contribution in [0, 0.1) is 13.8 Å². The number of fused-ring (bicyclic) bond motifs is 1. The van der Waals surface area contributed by atoms with Gasteiger partial charge in [0.1, 0.15) is 11.5 Å². The molecule has 0 aliphatic rings. The number of nitrogens with zero attached hydrogens (tertiary/aromatic N) is 2. The van der Waals surface area contributed by atoms with Crippen LogP contribution in [0.15, 0.2) is 29.6 Å². The van der Waals surface area contributed by atoms with Crippen LogP contribution in [0.1, 0.15) is 16.8 Å². The summed E-state index contributed by atoms with van der Waals surface area (Å²) in [6, 6.07) is 5.51. The molecule has 0 spiro atoms. The van der Waals surface area contributed by atoms with Crippen LogP contribution in [0.4, 0.5) is 4.70 Å². The van der Waals surface area contributed by atoms with Crippen molar-refractivity contribution >= 4 is 22.2 Å². The van der Waals surface area contributed by atoms with Crippen molar-refractivity contribution in [1.82, 2.24) is 15.0 Å².